The van der Waals surface area contributed by atoms with E-state index < -0.39 is 22.0 Å². The summed E-state index contributed by atoms with van der Waals surface area (Å²) in [6.45, 7) is 3.88. The Kier molecular flexibility index (Phi) is 9.71. The van der Waals surface area contributed by atoms with Gasteiger partial charge < -0.3 is 15.1 Å². The first kappa shape index (κ1) is 23.4. The van der Waals surface area contributed by atoms with E-state index in [4.69, 9.17) is 19.8 Å². The number of carboxylic acids is 2. The fraction of sp³-hybridized carbons (Fsp3) is 0.824. The van der Waals surface area contributed by atoms with Gasteiger partial charge in [-0.3, -0.25) is 4.79 Å². The Hall–Kier alpha value is -1.68. The summed E-state index contributed by atoms with van der Waals surface area (Å²) in [5.74, 6) is -2.50. The predicted molar refractivity (Wildman–Crippen MR) is 98.7 cm³/mol. The summed E-state index contributed by atoms with van der Waals surface area (Å²) in [5, 5.41) is 14.8. The third-order valence-electron chi connectivity index (χ3n) is 4.87. The fourth-order valence-electron chi connectivity index (χ4n) is 3.39. The lowest BCUT2D eigenvalue weighted by Gasteiger charge is -2.34. The fourth-order valence-corrected chi connectivity index (χ4v) is 4.88. The van der Waals surface area contributed by atoms with E-state index in [0.717, 1.165) is 12.3 Å². The van der Waals surface area contributed by atoms with Crippen molar-refractivity contribution in [1.82, 2.24) is 9.21 Å². The number of amides is 1. The van der Waals surface area contributed by atoms with Crippen molar-refractivity contribution < 1.29 is 33.0 Å². The average Bonchev–Trinajstić information content (AvgIpc) is 3.14. The largest absolute Gasteiger partial charge is 0.473 e. The Morgan fingerprint density at radius 3 is 1.93 bits per heavy atom. The lowest BCUT2D eigenvalue weighted by atomic mass is 10.0. The van der Waals surface area contributed by atoms with E-state index in [1.54, 1.807) is 0 Å². The van der Waals surface area contributed by atoms with Crippen LogP contribution in [-0.2, 0) is 24.4 Å². The second-order valence-electron chi connectivity index (χ2n) is 6.90. The Morgan fingerprint density at radius 2 is 1.48 bits per heavy atom. The molecule has 1 aliphatic carbocycles. The molecule has 2 N–H and O–H groups in total. The van der Waals surface area contributed by atoms with Gasteiger partial charge in [-0.1, -0.05) is 32.6 Å². The molecule has 1 heterocycles. The lowest BCUT2D eigenvalue weighted by Crippen LogP contribution is -2.51. The zero-order valence-corrected chi connectivity index (χ0v) is 16.6. The number of hydrogen-bond acceptors (Lipinski definition) is 5. The zero-order chi connectivity index (χ0) is 20.4. The van der Waals surface area contributed by atoms with Gasteiger partial charge in [0.2, 0.25) is 15.9 Å². The molecule has 9 nitrogen and oxygen atoms in total. The molecule has 0 aromatic carbocycles. The van der Waals surface area contributed by atoms with Crippen LogP contribution in [0, 0.1) is 5.92 Å². The number of carbonyl (C=O) groups is 3. The molecule has 0 spiro atoms. The summed E-state index contributed by atoms with van der Waals surface area (Å²) in [5.41, 5.74) is 0. The highest BCUT2D eigenvalue weighted by Crippen LogP contribution is 2.28. The number of hydrogen-bond donors (Lipinski definition) is 2. The summed E-state index contributed by atoms with van der Waals surface area (Å²) in [7, 11) is -3.11. The molecule has 0 radical (unpaired) electrons. The van der Waals surface area contributed by atoms with Crippen LogP contribution < -0.4 is 0 Å². The summed E-state index contributed by atoms with van der Waals surface area (Å²) in [6, 6.07) is 0. The summed E-state index contributed by atoms with van der Waals surface area (Å²) in [6.07, 6.45) is 7.45. The first-order valence-corrected chi connectivity index (χ1v) is 11.0. The SMILES string of the molecule is CCCS(=O)(=O)N1CCN(C(=O)CCC2CCCC2)CC1.O=C(O)C(=O)O. The van der Waals surface area contributed by atoms with Gasteiger partial charge in [-0.25, -0.2) is 18.0 Å². The number of piperazine rings is 1. The zero-order valence-electron chi connectivity index (χ0n) is 15.8. The van der Waals surface area contributed by atoms with Crippen LogP contribution >= 0.6 is 0 Å². The van der Waals surface area contributed by atoms with Crippen LogP contribution in [0.4, 0.5) is 0 Å². The highest BCUT2D eigenvalue weighted by atomic mass is 32.2. The molecule has 1 saturated heterocycles. The summed E-state index contributed by atoms with van der Waals surface area (Å²) >= 11 is 0. The van der Waals surface area contributed by atoms with E-state index in [1.807, 2.05) is 11.8 Å². The van der Waals surface area contributed by atoms with Gasteiger partial charge in [-0.15, -0.1) is 0 Å². The molecule has 156 valence electrons. The second kappa shape index (κ2) is 11.2. The van der Waals surface area contributed by atoms with E-state index in [9.17, 15) is 13.2 Å². The Bertz CT molecular complexity index is 595. The minimum Gasteiger partial charge on any atom is -0.473 e. The molecule has 2 fully saturated rings. The molecule has 0 bridgehead atoms. The van der Waals surface area contributed by atoms with E-state index in [1.165, 1.54) is 30.0 Å². The maximum absolute atomic E-state index is 12.2. The van der Waals surface area contributed by atoms with Gasteiger partial charge in [-0.05, 0) is 18.8 Å². The van der Waals surface area contributed by atoms with Crippen molar-refractivity contribution in [2.75, 3.05) is 31.9 Å². The van der Waals surface area contributed by atoms with Crippen LogP contribution in [0.1, 0.15) is 51.9 Å². The number of aliphatic carboxylic acids is 2. The first-order chi connectivity index (χ1) is 12.7. The molecule has 1 saturated carbocycles. The maximum atomic E-state index is 12.2. The molecular formula is C17H30N2O7S. The Balaban J connectivity index is 0.000000527. The molecule has 0 unspecified atom stereocenters. The third-order valence-corrected chi connectivity index (χ3v) is 6.95. The normalized spacial score (nSPS) is 18.6. The average molecular weight is 407 g/mol. The highest BCUT2D eigenvalue weighted by Gasteiger charge is 2.28. The van der Waals surface area contributed by atoms with E-state index in [2.05, 4.69) is 0 Å². The molecule has 1 amide bonds. The summed E-state index contributed by atoms with van der Waals surface area (Å²) in [4.78, 5) is 32.2. The second-order valence-corrected chi connectivity index (χ2v) is 8.98. The number of carbonyl (C=O) groups excluding carboxylic acids is 1. The van der Waals surface area contributed by atoms with Crippen molar-refractivity contribution in [2.24, 2.45) is 5.92 Å². The topological polar surface area (TPSA) is 132 Å². The molecule has 2 aliphatic rings. The third kappa shape index (κ3) is 8.25. The van der Waals surface area contributed by atoms with Gasteiger partial charge in [0.15, 0.2) is 0 Å². The monoisotopic (exact) mass is 406 g/mol. The summed E-state index contributed by atoms with van der Waals surface area (Å²) < 4.78 is 25.5. The molecule has 2 rings (SSSR count). The first-order valence-electron chi connectivity index (χ1n) is 9.39. The molecule has 0 atom stereocenters. The molecule has 1 aliphatic heterocycles. The number of sulfonamides is 1. The minimum atomic E-state index is -3.11. The van der Waals surface area contributed by atoms with Crippen molar-refractivity contribution in [3.8, 4) is 0 Å². The number of carboxylic acid groups (broad SMARTS) is 2. The Labute approximate surface area is 160 Å². The molecule has 0 aromatic heterocycles. The molecule has 10 heteroatoms. The van der Waals surface area contributed by atoms with Crippen molar-refractivity contribution in [1.29, 1.82) is 0 Å². The van der Waals surface area contributed by atoms with Crippen molar-refractivity contribution >= 4 is 27.9 Å². The lowest BCUT2D eigenvalue weighted by molar-refractivity contribution is -0.159. The molecular weight excluding hydrogens is 376 g/mol. The van der Waals surface area contributed by atoms with Crippen LogP contribution in [0.3, 0.4) is 0 Å². The van der Waals surface area contributed by atoms with Crippen molar-refractivity contribution in [3.63, 3.8) is 0 Å². The van der Waals surface area contributed by atoms with Gasteiger partial charge in [0.05, 0.1) is 5.75 Å². The van der Waals surface area contributed by atoms with Crippen LogP contribution in [0.5, 0.6) is 0 Å². The molecule has 27 heavy (non-hydrogen) atoms. The minimum absolute atomic E-state index is 0.203. The highest BCUT2D eigenvalue weighted by molar-refractivity contribution is 7.89. The van der Waals surface area contributed by atoms with Crippen LogP contribution in [0.15, 0.2) is 0 Å². The van der Waals surface area contributed by atoms with Crippen LogP contribution in [-0.4, -0.2) is 77.6 Å². The smallest absolute Gasteiger partial charge is 0.414 e. The van der Waals surface area contributed by atoms with Gasteiger partial charge in [-0.2, -0.15) is 4.31 Å². The van der Waals surface area contributed by atoms with E-state index >= 15 is 0 Å². The Morgan fingerprint density at radius 1 is 0.963 bits per heavy atom. The van der Waals surface area contributed by atoms with Gasteiger partial charge in [0.1, 0.15) is 0 Å². The predicted octanol–water partition coefficient (Wildman–Crippen LogP) is 0.996. The van der Waals surface area contributed by atoms with Gasteiger partial charge in [0.25, 0.3) is 0 Å². The van der Waals surface area contributed by atoms with Crippen LogP contribution in [0.25, 0.3) is 0 Å². The van der Waals surface area contributed by atoms with Gasteiger partial charge in [0, 0.05) is 32.6 Å². The van der Waals surface area contributed by atoms with E-state index in [-0.39, 0.29) is 11.7 Å². The quantitative estimate of drug-likeness (QED) is 0.629. The van der Waals surface area contributed by atoms with Crippen LogP contribution in [0.2, 0.25) is 0 Å². The van der Waals surface area contributed by atoms with Crippen molar-refractivity contribution in [3.05, 3.63) is 0 Å². The van der Waals surface area contributed by atoms with E-state index in [0.29, 0.717) is 39.0 Å². The number of nitrogens with zero attached hydrogens (tertiary/aromatic N) is 2. The molecule has 0 aromatic rings. The van der Waals surface area contributed by atoms with Crippen molar-refractivity contribution in [2.45, 2.75) is 51.9 Å². The maximum Gasteiger partial charge on any atom is 0.414 e. The van der Waals surface area contributed by atoms with Gasteiger partial charge >= 0.3 is 11.9 Å². The number of rotatable bonds is 6. The standard InChI is InChI=1S/C15H28N2O3S.C2H2O4/c1-2-13-21(19,20)17-11-9-16(10-12-17)15(18)8-7-14-5-3-4-6-14;3-1(4)2(5)6/h14H,2-13H2,1H3;(H,3,4)(H,5,6).